The Morgan fingerprint density at radius 3 is 2.48 bits per heavy atom. The van der Waals surface area contributed by atoms with E-state index in [1.165, 1.54) is 0 Å². The Labute approximate surface area is 156 Å². The fraction of sp³-hybridized carbons (Fsp3) is 0.278. The standard InChI is InChI=1S/C18H20Cl2N2O3/c19-14-5-3-6-15(20)18(14)22-16-7-2-1-4-13(16)12-17(24)25-11-9-21-8-10-23/h1-7,21-23H,8-12H2. The zero-order chi connectivity index (χ0) is 18.1. The summed E-state index contributed by atoms with van der Waals surface area (Å²) in [6.07, 6.45) is 0.130. The van der Waals surface area contributed by atoms with Gasteiger partial charge in [-0.15, -0.1) is 0 Å². The average Bonchev–Trinajstić information content (AvgIpc) is 2.59. The Hall–Kier alpha value is -1.79. The maximum Gasteiger partial charge on any atom is 0.310 e. The molecule has 0 heterocycles. The number of hydrogen-bond acceptors (Lipinski definition) is 5. The summed E-state index contributed by atoms with van der Waals surface area (Å²) in [4.78, 5) is 12.0. The number of carbonyl (C=O) groups excluding carboxylic acids is 1. The van der Waals surface area contributed by atoms with Gasteiger partial charge in [0.15, 0.2) is 0 Å². The number of hydrogen-bond donors (Lipinski definition) is 3. The van der Waals surface area contributed by atoms with Crippen LogP contribution in [0.15, 0.2) is 42.5 Å². The number of nitrogens with one attached hydrogen (secondary N) is 2. The summed E-state index contributed by atoms with van der Waals surface area (Å²) in [6.45, 7) is 1.28. The number of aliphatic hydroxyl groups excluding tert-OH is 1. The first-order valence-corrected chi connectivity index (χ1v) is 8.63. The van der Waals surface area contributed by atoms with Gasteiger partial charge in [0.25, 0.3) is 0 Å². The largest absolute Gasteiger partial charge is 0.464 e. The van der Waals surface area contributed by atoms with E-state index in [4.69, 9.17) is 33.0 Å². The second-order valence-corrected chi connectivity index (χ2v) is 6.06. The molecule has 0 fully saturated rings. The Balaban J connectivity index is 1.99. The smallest absolute Gasteiger partial charge is 0.310 e. The number of para-hydroxylation sites is 2. The average molecular weight is 383 g/mol. The lowest BCUT2D eigenvalue weighted by Gasteiger charge is -2.14. The zero-order valence-electron chi connectivity index (χ0n) is 13.6. The molecule has 0 unspecified atom stereocenters. The molecule has 25 heavy (non-hydrogen) atoms. The predicted octanol–water partition coefficient (Wildman–Crippen LogP) is 3.40. The van der Waals surface area contributed by atoms with Crippen molar-refractivity contribution in [3.8, 4) is 0 Å². The van der Waals surface area contributed by atoms with E-state index in [-0.39, 0.29) is 25.6 Å². The molecule has 0 aromatic heterocycles. The molecule has 0 spiro atoms. The van der Waals surface area contributed by atoms with Crippen LogP contribution in [0.3, 0.4) is 0 Å². The third kappa shape index (κ3) is 6.21. The molecule has 0 saturated heterocycles. The molecule has 2 rings (SSSR count). The summed E-state index contributed by atoms with van der Waals surface area (Å²) in [5.41, 5.74) is 2.12. The number of ether oxygens (including phenoxy) is 1. The third-order valence-corrected chi connectivity index (χ3v) is 4.03. The van der Waals surface area contributed by atoms with Gasteiger partial charge in [-0.25, -0.2) is 0 Å². The minimum Gasteiger partial charge on any atom is -0.464 e. The van der Waals surface area contributed by atoms with E-state index >= 15 is 0 Å². The summed E-state index contributed by atoms with van der Waals surface area (Å²) in [5, 5.41) is 15.8. The zero-order valence-corrected chi connectivity index (χ0v) is 15.1. The lowest BCUT2D eigenvalue weighted by molar-refractivity contribution is -0.142. The summed E-state index contributed by atoms with van der Waals surface area (Å²) in [6, 6.07) is 12.7. The van der Waals surface area contributed by atoms with Gasteiger partial charge in [-0.1, -0.05) is 47.5 Å². The maximum absolute atomic E-state index is 12.0. The van der Waals surface area contributed by atoms with Crippen molar-refractivity contribution in [3.05, 3.63) is 58.1 Å². The fourth-order valence-electron chi connectivity index (χ4n) is 2.20. The van der Waals surface area contributed by atoms with E-state index in [9.17, 15) is 4.79 Å². The molecule has 134 valence electrons. The Morgan fingerprint density at radius 2 is 1.76 bits per heavy atom. The van der Waals surface area contributed by atoms with Gasteiger partial charge in [0.05, 0.1) is 28.8 Å². The van der Waals surface area contributed by atoms with Gasteiger partial charge in [0.2, 0.25) is 0 Å². The first kappa shape index (κ1) is 19.5. The minimum atomic E-state index is -0.328. The second kappa shape index (κ2) is 10.3. The van der Waals surface area contributed by atoms with Crippen LogP contribution in [0.2, 0.25) is 10.0 Å². The molecule has 0 aliphatic rings. The molecule has 0 atom stereocenters. The summed E-state index contributed by atoms with van der Waals surface area (Å²) < 4.78 is 5.18. The summed E-state index contributed by atoms with van der Waals surface area (Å²) in [7, 11) is 0. The molecular weight excluding hydrogens is 363 g/mol. The third-order valence-electron chi connectivity index (χ3n) is 3.41. The van der Waals surface area contributed by atoms with Crippen LogP contribution < -0.4 is 10.6 Å². The van der Waals surface area contributed by atoms with Crippen LogP contribution in [0.25, 0.3) is 0 Å². The summed E-state index contributed by atoms with van der Waals surface area (Å²) in [5.74, 6) is -0.328. The van der Waals surface area contributed by atoms with Gasteiger partial charge in [0.1, 0.15) is 6.61 Å². The van der Waals surface area contributed by atoms with E-state index in [1.807, 2.05) is 24.3 Å². The molecule has 2 aromatic rings. The van der Waals surface area contributed by atoms with Crippen molar-refractivity contribution in [1.29, 1.82) is 0 Å². The van der Waals surface area contributed by atoms with E-state index in [2.05, 4.69) is 10.6 Å². The molecule has 0 aliphatic carbocycles. The molecule has 0 saturated carbocycles. The molecule has 0 aliphatic heterocycles. The Kier molecular flexibility index (Phi) is 8.01. The van der Waals surface area contributed by atoms with Crippen molar-refractivity contribution in [3.63, 3.8) is 0 Å². The van der Waals surface area contributed by atoms with Gasteiger partial charge in [0, 0.05) is 18.8 Å². The number of aliphatic hydroxyl groups is 1. The van der Waals surface area contributed by atoms with Crippen molar-refractivity contribution in [2.75, 3.05) is 31.6 Å². The fourth-order valence-corrected chi connectivity index (χ4v) is 2.69. The quantitative estimate of drug-likeness (QED) is 0.457. The van der Waals surface area contributed by atoms with Gasteiger partial charge in [-0.3, -0.25) is 4.79 Å². The molecule has 5 nitrogen and oxygen atoms in total. The number of anilines is 2. The minimum absolute atomic E-state index is 0.0532. The van der Waals surface area contributed by atoms with Gasteiger partial charge >= 0.3 is 5.97 Å². The molecule has 0 bridgehead atoms. The highest BCUT2D eigenvalue weighted by molar-refractivity contribution is 6.39. The topological polar surface area (TPSA) is 70.6 Å². The monoisotopic (exact) mass is 382 g/mol. The molecule has 0 amide bonds. The van der Waals surface area contributed by atoms with Gasteiger partial charge in [-0.05, 0) is 23.8 Å². The Bertz CT molecular complexity index is 690. The molecule has 3 N–H and O–H groups in total. The lowest BCUT2D eigenvalue weighted by Crippen LogP contribution is -2.24. The van der Waals surface area contributed by atoms with Crippen LogP contribution in [0.4, 0.5) is 11.4 Å². The van der Waals surface area contributed by atoms with E-state index in [1.54, 1.807) is 18.2 Å². The van der Waals surface area contributed by atoms with E-state index < -0.39 is 0 Å². The molecule has 7 heteroatoms. The number of benzene rings is 2. The highest BCUT2D eigenvalue weighted by Gasteiger charge is 2.12. The lowest BCUT2D eigenvalue weighted by atomic mass is 10.1. The van der Waals surface area contributed by atoms with Crippen molar-refractivity contribution in [1.82, 2.24) is 5.32 Å². The number of carbonyl (C=O) groups is 1. The van der Waals surface area contributed by atoms with Crippen LogP contribution in [-0.2, 0) is 16.0 Å². The summed E-state index contributed by atoms with van der Waals surface area (Å²) >= 11 is 12.4. The first-order chi connectivity index (χ1) is 12.1. The number of esters is 1. The van der Waals surface area contributed by atoms with Gasteiger partial charge < -0.3 is 20.5 Å². The maximum atomic E-state index is 12.0. The van der Waals surface area contributed by atoms with Crippen LogP contribution in [0.5, 0.6) is 0 Å². The first-order valence-electron chi connectivity index (χ1n) is 7.88. The van der Waals surface area contributed by atoms with Crippen LogP contribution in [0, 0.1) is 0 Å². The number of rotatable bonds is 9. The van der Waals surface area contributed by atoms with Crippen molar-refractivity contribution < 1.29 is 14.6 Å². The SMILES string of the molecule is O=C(Cc1ccccc1Nc1c(Cl)cccc1Cl)OCCNCCO. The molecule has 0 radical (unpaired) electrons. The van der Waals surface area contributed by atoms with E-state index in [0.717, 1.165) is 11.3 Å². The van der Waals surface area contributed by atoms with E-state index in [0.29, 0.717) is 28.8 Å². The normalized spacial score (nSPS) is 10.5. The van der Waals surface area contributed by atoms with Crippen LogP contribution in [0.1, 0.15) is 5.56 Å². The van der Waals surface area contributed by atoms with Gasteiger partial charge in [-0.2, -0.15) is 0 Å². The Morgan fingerprint density at radius 1 is 1.04 bits per heavy atom. The second-order valence-electron chi connectivity index (χ2n) is 5.25. The highest BCUT2D eigenvalue weighted by atomic mass is 35.5. The van der Waals surface area contributed by atoms with Crippen LogP contribution >= 0.6 is 23.2 Å². The molecular formula is C18H20Cl2N2O3. The van der Waals surface area contributed by atoms with Crippen molar-refractivity contribution >= 4 is 40.5 Å². The highest BCUT2D eigenvalue weighted by Crippen LogP contribution is 2.33. The van der Waals surface area contributed by atoms with Crippen molar-refractivity contribution in [2.24, 2.45) is 0 Å². The van der Waals surface area contributed by atoms with Crippen molar-refractivity contribution in [2.45, 2.75) is 6.42 Å². The predicted molar refractivity (Wildman–Crippen MR) is 101 cm³/mol. The molecule has 2 aromatic carbocycles. The van der Waals surface area contributed by atoms with Crippen LogP contribution in [-0.4, -0.2) is 37.4 Å². The number of halogens is 2.